The molecule has 1 unspecified atom stereocenters. The van der Waals surface area contributed by atoms with Gasteiger partial charge in [-0.15, -0.1) is 0 Å². The highest BCUT2D eigenvalue weighted by Crippen LogP contribution is 2.21. The number of hydrogen-bond acceptors (Lipinski definition) is 3. The zero-order valence-corrected chi connectivity index (χ0v) is 9.25. The van der Waals surface area contributed by atoms with Crippen LogP contribution < -0.4 is 0 Å². The van der Waals surface area contributed by atoms with Gasteiger partial charge in [-0.1, -0.05) is 0 Å². The minimum Gasteiger partial charge on any atom is -0.457 e. The van der Waals surface area contributed by atoms with Crippen molar-refractivity contribution in [3.05, 3.63) is 22.6 Å². The predicted molar refractivity (Wildman–Crippen MR) is 54.3 cm³/mol. The lowest BCUT2D eigenvalue weighted by atomic mass is 9.99. The third-order valence-electron chi connectivity index (χ3n) is 2.39. The molecule has 0 aliphatic carbocycles. The van der Waals surface area contributed by atoms with Gasteiger partial charge in [0, 0.05) is 25.7 Å². The van der Waals surface area contributed by atoms with E-state index in [4.69, 9.17) is 9.15 Å². The first-order valence-electron chi connectivity index (χ1n) is 4.60. The van der Waals surface area contributed by atoms with Gasteiger partial charge in [0.1, 0.15) is 6.26 Å². The Balaban J connectivity index is 1.95. The number of Topliss-reactive ketones (excluding diaryl/α,β-unsaturated/α-hetero) is 1. The van der Waals surface area contributed by atoms with Crippen LogP contribution in [0.4, 0.5) is 0 Å². The molecule has 0 aromatic carbocycles. The highest BCUT2D eigenvalue weighted by Gasteiger charge is 2.20. The predicted octanol–water partition coefficient (Wildman–Crippen LogP) is 2.65. The molecule has 1 fully saturated rings. The Morgan fingerprint density at radius 3 is 3.07 bits per heavy atom. The summed E-state index contributed by atoms with van der Waals surface area (Å²) in [5, 5.41) is 0. The number of rotatable bonds is 3. The Labute approximate surface area is 90.6 Å². The van der Waals surface area contributed by atoms with Crippen LogP contribution in [-0.2, 0) is 4.74 Å². The smallest absolute Gasteiger partial charge is 0.169 e. The maximum Gasteiger partial charge on any atom is 0.169 e. The highest BCUT2D eigenvalue weighted by atomic mass is 79.9. The molecule has 0 N–H and O–H groups in total. The standard InChI is InChI=1S/C10H11BrO3/c11-10-4-8(6-14-10)9(12)3-7-1-2-13-5-7/h4,6-7H,1-3,5H2. The molecular weight excluding hydrogens is 248 g/mol. The van der Waals surface area contributed by atoms with Crippen LogP contribution in [0.2, 0.25) is 0 Å². The molecule has 4 heteroatoms. The van der Waals surface area contributed by atoms with Crippen molar-refractivity contribution in [1.29, 1.82) is 0 Å². The fourth-order valence-electron chi connectivity index (χ4n) is 1.58. The van der Waals surface area contributed by atoms with E-state index in [0.29, 0.717) is 29.2 Å². The van der Waals surface area contributed by atoms with Crippen molar-refractivity contribution in [3.63, 3.8) is 0 Å². The lowest BCUT2D eigenvalue weighted by Crippen LogP contribution is -2.07. The van der Waals surface area contributed by atoms with Gasteiger partial charge in [0.05, 0.1) is 5.56 Å². The van der Waals surface area contributed by atoms with Crippen LogP contribution in [-0.4, -0.2) is 19.0 Å². The summed E-state index contributed by atoms with van der Waals surface area (Å²) in [7, 11) is 0. The topological polar surface area (TPSA) is 39.4 Å². The molecule has 0 bridgehead atoms. The van der Waals surface area contributed by atoms with Gasteiger partial charge in [0.2, 0.25) is 0 Å². The van der Waals surface area contributed by atoms with Gasteiger partial charge in [-0.2, -0.15) is 0 Å². The molecule has 0 radical (unpaired) electrons. The Kier molecular flexibility index (Phi) is 3.03. The average Bonchev–Trinajstić information content (AvgIpc) is 2.75. The quantitative estimate of drug-likeness (QED) is 0.783. The first-order chi connectivity index (χ1) is 6.75. The summed E-state index contributed by atoms with van der Waals surface area (Å²) in [5.41, 5.74) is 0.642. The first kappa shape index (κ1) is 9.93. The molecule has 1 aromatic rings. The molecule has 0 saturated carbocycles. The monoisotopic (exact) mass is 258 g/mol. The van der Waals surface area contributed by atoms with Crippen molar-refractivity contribution in [2.24, 2.45) is 5.92 Å². The van der Waals surface area contributed by atoms with Crippen LogP contribution >= 0.6 is 15.9 Å². The van der Waals surface area contributed by atoms with E-state index in [-0.39, 0.29) is 5.78 Å². The van der Waals surface area contributed by atoms with Gasteiger partial charge in [0.25, 0.3) is 0 Å². The lowest BCUT2D eigenvalue weighted by Gasteiger charge is -2.03. The molecule has 1 aliphatic heterocycles. The Hall–Kier alpha value is -0.610. The fourth-order valence-corrected chi connectivity index (χ4v) is 1.92. The zero-order valence-electron chi connectivity index (χ0n) is 7.66. The van der Waals surface area contributed by atoms with Crippen LogP contribution in [0.5, 0.6) is 0 Å². The van der Waals surface area contributed by atoms with Crippen molar-refractivity contribution in [3.8, 4) is 0 Å². The van der Waals surface area contributed by atoms with E-state index < -0.39 is 0 Å². The van der Waals surface area contributed by atoms with Crippen LogP contribution in [0.15, 0.2) is 21.4 Å². The minimum absolute atomic E-state index is 0.134. The number of carbonyl (C=O) groups excluding carboxylic acids is 1. The Bertz CT molecular complexity index is 326. The van der Waals surface area contributed by atoms with E-state index >= 15 is 0 Å². The summed E-state index contributed by atoms with van der Waals surface area (Å²) >= 11 is 3.17. The van der Waals surface area contributed by atoms with Crippen molar-refractivity contribution in [1.82, 2.24) is 0 Å². The molecule has 2 heterocycles. The molecule has 1 saturated heterocycles. The molecule has 0 spiro atoms. The summed E-state index contributed by atoms with van der Waals surface area (Å²) < 4.78 is 10.8. The minimum atomic E-state index is 0.134. The van der Waals surface area contributed by atoms with Gasteiger partial charge >= 0.3 is 0 Å². The molecule has 1 atom stereocenters. The van der Waals surface area contributed by atoms with E-state index in [1.807, 2.05) is 0 Å². The largest absolute Gasteiger partial charge is 0.457 e. The van der Waals surface area contributed by atoms with E-state index in [9.17, 15) is 4.79 Å². The highest BCUT2D eigenvalue weighted by molar-refractivity contribution is 9.10. The van der Waals surface area contributed by atoms with Gasteiger partial charge in [0.15, 0.2) is 10.5 Å². The van der Waals surface area contributed by atoms with Gasteiger partial charge in [-0.3, -0.25) is 4.79 Å². The zero-order chi connectivity index (χ0) is 9.97. The molecule has 2 rings (SSSR count). The number of halogens is 1. The number of hydrogen-bond donors (Lipinski definition) is 0. The average molecular weight is 259 g/mol. The van der Waals surface area contributed by atoms with Crippen molar-refractivity contribution in [2.45, 2.75) is 12.8 Å². The maximum atomic E-state index is 11.7. The molecule has 3 nitrogen and oxygen atoms in total. The van der Waals surface area contributed by atoms with E-state index in [1.165, 1.54) is 6.26 Å². The first-order valence-corrected chi connectivity index (χ1v) is 5.40. The van der Waals surface area contributed by atoms with E-state index in [0.717, 1.165) is 13.0 Å². The summed E-state index contributed by atoms with van der Waals surface area (Å²) in [5.74, 6) is 0.520. The second-order valence-electron chi connectivity index (χ2n) is 3.50. The Morgan fingerprint density at radius 2 is 2.50 bits per heavy atom. The van der Waals surface area contributed by atoms with Crippen molar-refractivity contribution in [2.75, 3.05) is 13.2 Å². The summed E-state index contributed by atoms with van der Waals surface area (Å²) in [4.78, 5) is 11.7. The maximum absolute atomic E-state index is 11.7. The van der Waals surface area contributed by atoms with Crippen molar-refractivity contribution >= 4 is 21.7 Å². The van der Waals surface area contributed by atoms with Gasteiger partial charge in [-0.05, 0) is 28.3 Å². The summed E-state index contributed by atoms with van der Waals surface area (Å²) in [6.07, 6.45) is 3.04. The second kappa shape index (κ2) is 4.28. The molecule has 1 aliphatic rings. The fraction of sp³-hybridized carbons (Fsp3) is 0.500. The molecule has 76 valence electrons. The van der Waals surface area contributed by atoms with Crippen LogP contribution in [0.3, 0.4) is 0 Å². The summed E-state index contributed by atoms with van der Waals surface area (Å²) in [6.45, 7) is 1.50. The number of furan rings is 1. The SMILES string of the molecule is O=C(CC1CCOC1)c1coc(Br)c1. The van der Waals surface area contributed by atoms with Crippen LogP contribution in [0, 0.1) is 5.92 Å². The van der Waals surface area contributed by atoms with Crippen molar-refractivity contribution < 1.29 is 13.9 Å². The number of ether oxygens (including phenoxy) is 1. The van der Waals surface area contributed by atoms with Gasteiger partial charge in [-0.25, -0.2) is 0 Å². The van der Waals surface area contributed by atoms with E-state index in [2.05, 4.69) is 15.9 Å². The summed E-state index contributed by atoms with van der Waals surface area (Å²) in [6, 6.07) is 1.71. The van der Waals surface area contributed by atoms with Crippen LogP contribution in [0.25, 0.3) is 0 Å². The number of carbonyl (C=O) groups is 1. The molecule has 14 heavy (non-hydrogen) atoms. The third-order valence-corrected chi connectivity index (χ3v) is 2.80. The number of ketones is 1. The van der Waals surface area contributed by atoms with Gasteiger partial charge < -0.3 is 9.15 Å². The second-order valence-corrected chi connectivity index (χ2v) is 4.28. The van der Waals surface area contributed by atoms with Crippen LogP contribution in [0.1, 0.15) is 23.2 Å². The molecular formula is C10H11BrO3. The molecule has 0 amide bonds. The molecule has 1 aromatic heterocycles. The Morgan fingerprint density at radius 1 is 1.64 bits per heavy atom. The van der Waals surface area contributed by atoms with E-state index in [1.54, 1.807) is 6.07 Å². The lowest BCUT2D eigenvalue weighted by molar-refractivity contribution is 0.0952. The third kappa shape index (κ3) is 2.25. The normalized spacial score (nSPS) is 21.4.